The zero-order valence-corrected chi connectivity index (χ0v) is 12.1. The maximum atomic E-state index is 5.37. The van der Waals surface area contributed by atoms with E-state index in [1.54, 1.807) is 14.2 Å². The second-order valence-corrected chi connectivity index (χ2v) is 4.98. The van der Waals surface area contributed by atoms with Crippen LogP contribution in [0.5, 0.6) is 11.5 Å². The minimum absolute atomic E-state index is 0.522. The van der Waals surface area contributed by atoms with Gasteiger partial charge in [0.1, 0.15) is 0 Å². The van der Waals surface area contributed by atoms with Crippen molar-refractivity contribution in [3.8, 4) is 11.5 Å². The van der Waals surface area contributed by atoms with Crippen LogP contribution in [-0.4, -0.2) is 26.5 Å². The lowest BCUT2D eigenvalue weighted by molar-refractivity contribution is 0.354. The number of ether oxygens (including phenoxy) is 2. The van der Waals surface area contributed by atoms with Crippen molar-refractivity contribution in [3.63, 3.8) is 0 Å². The Hall–Kier alpha value is -1.77. The zero-order chi connectivity index (χ0) is 13.8. The molecule has 1 aliphatic rings. The van der Waals surface area contributed by atoms with E-state index in [9.17, 15) is 0 Å². The van der Waals surface area contributed by atoms with Crippen LogP contribution in [0, 0.1) is 5.92 Å². The SMILES string of the molecule is COc1cc2c(cc1OC)C(/C=C/C(C)C)=NCC2. The van der Waals surface area contributed by atoms with Gasteiger partial charge in [-0.2, -0.15) is 0 Å². The molecule has 0 bridgehead atoms. The third-order valence-corrected chi connectivity index (χ3v) is 3.19. The fraction of sp³-hybridized carbons (Fsp3) is 0.438. The molecule has 0 aliphatic carbocycles. The van der Waals surface area contributed by atoms with Crippen LogP contribution in [-0.2, 0) is 6.42 Å². The molecule has 0 radical (unpaired) electrons. The lowest BCUT2D eigenvalue weighted by atomic mass is 9.96. The Balaban J connectivity index is 2.43. The number of fused-ring (bicyclic) bond motifs is 1. The fourth-order valence-electron chi connectivity index (χ4n) is 2.17. The summed E-state index contributed by atoms with van der Waals surface area (Å²) in [5, 5.41) is 0. The summed E-state index contributed by atoms with van der Waals surface area (Å²) < 4.78 is 10.7. The van der Waals surface area contributed by atoms with Crippen LogP contribution in [0.25, 0.3) is 0 Å². The number of hydrogen-bond donors (Lipinski definition) is 0. The fourth-order valence-corrected chi connectivity index (χ4v) is 2.17. The Kier molecular flexibility index (Phi) is 4.25. The van der Waals surface area contributed by atoms with Crippen molar-refractivity contribution < 1.29 is 9.47 Å². The molecular weight excluding hydrogens is 238 g/mol. The molecule has 19 heavy (non-hydrogen) atoms. The minimum atomic E-state index is 0.522. The first-order valence-electron chi connectivity index (χ1n) is 6.63. The quantitative estimate of drug-likeness (QED) is 0.831. The first kappa shape index (κ1) is 13.7. The van der Waals surface area contributed by atoms with Gasteiger partial charge < -0.3 is 9.47 Å². The average Bonchev–Trinajstić information content (AvgIpc) is 2.43. The molecule has 0 fully saturated rings. The van der Waals surface area contributed by atoms with E-state index in [1.807, 2.05) is 6.07 Å². The molecule has 0 atom stereocenters. The first-order chi connectivity index (χ1) is 9.15. The van der Waals surface area contributed by atoms with E-state index in [2.05, 4.69) is 37.1 Å². The summed E-state index contributed by atoms with van der Waals surface area (Å²) in [4.78, 5) is 4.61. The largest absolute Gasteiger partial charge is 0.493 e. The molecule has 3 heteroatoms. The predicted octanol–water partition coefficient (Wildman–Crippen LogP) is 3.26. The molecule has 0 saturated heterocycles. The maximum absolute atomic E-state index is 5.37. The Labute approximate surface area is 115 Å². The monoisotopic (exact) mass is 259 g/mol. The van der Waals surface area contributed by atoms with Gasteiger partial charge in [0.2, 0.25) is 0 Å². The molecule has 2 rings (SSSR count). The van der Waals surface area contributed by atoms with E-state index in [4.69, 9.17) is 9.47 Å². The molecule has 1 aromatic rings. The summed E-state index contributed by atoms with van der Waals surface area (Å²) in [7, 11) is 3.33. The molecule has 102 valence electrons. The molecule has 0 saturated carbocycles. The van der Waals surface area contributed by atoms with Gasteiger partial charge in [-0.25, -0.2) is 0 Å². The smallest absolute Gasteiger partial charge is 0.161 e. The minimum Gasteiger partial charge on any atom is -0.493 e. The van der Waals surface area contributed by atoms with Gasteiger partial charge in [-0.05, 0) is 36.1 Å². The Bertz CT molecular complexity index is 516. The Morgan fingerprint density at radius 3 is 2.47 bits per heavy atom. The second kappa shape index (κ2) is 5.91. The summed E-state index contributed by atoms with van der Waals surface area (Å²) in [5.74, 6) is 2.07. The van der Waals surface area contributed by atoms with Crippen molar-refractivity contribution in [3.05, 3.63) is 35.4 Å². The van der Waals surface area contributed by atoms with Crippen molar-refractivity contribution in [1.29, 1.82) is 0 Å². The number of nitrogens with zero attached hydrogens (tertiary/aromatic N) is 1. The molecule has 1 aliphatic heterocycles. The van der Waals surface area contributed by atoms with Crippen LogP contribution in [0.15, 0.2) is 29.3 Å². The molecule has 0 N–H and O–H groups in total. The lowest BCUT2D eigenvalue weighted by Gasteiger charge is -2.18. The van der Waals surface area contributed by atoms with Gasteiger partial charge in [0.05, 0.1) is 19.9 Å². The lowest BCUT2D eigenvalue weighted by Crippen LogP contribution is -2.12. The standard InChI is InChI=1S/C16H21NO2/c1-11(2)5-6-14-13-10-16(19-4)15(18-3)9-12(13)7-8-17-14/h5-6,9-11H,7-8H2,1-4H3/b6-5+. The maximum Gasteiger partial charge on any atom is 0.161 e. The molecule has 0 aromatic heterocycles. The zero-order valence-electron chi connectivity index (χ0n) is 12.1. The van der Waals surface area contributed by atoms with Crippen molar-refractivity contribution in [2.45, 2.75) is 20.3 Å². The molecule has 1 aromatic carbocycles. The number of hydrogen-bond acceptors (Lipinski definition) is 3. The van der Waals surface area contributed by atoms with Crippen LogP contribution in [0.3, 0.4) is 0 Å². The van der Waals surface area contributed by atoms with Crippen LogP contribution < -0.4 is 9.47 Å². The van der Waals surface area contributed by atoms with Crippen LogP contribution in [0.2, 0.25) is 0 Å². The highest BCUT2D eigenvalue weighted by Crippen LogP contribution is 2.32. The number of allylic oxidation sites excluding steroid dienone is 2. The van der Waals surface area contributed by atoms with Crippen LogP contribution >= 0.6 is 0 Å². The van der Waals surface area contributed by atoms with Crippen molar-refractivity contribution in [1.82, 2.24) is 0 Å². The van der Waals surface area contributed by atoms with Crippen molar-refractivity contribution in [2.75, 3.05) is 20.8 Å². The third-order valence-electron chi connectivity index (χ3n) is 3.19. The number of benzene rings is 1. The molecule has 1 heterocycles. The van der Waals surface area contributed by atoms with Gasteiger partial charge in [-0.1, -0.05) is 19.9 Å². The van der Waals surface area contributed by atoms with E-state index in [0.717, 1.165) is 35.7 Å². The highest BCUT2D eigenvalue weighted by atomic mass is 16.5. The van der Waals surface area contributed by atoms with Gasteiger partial charge in [0, 0.05) is 12.1 Å². The van der Waals surface area contributed by atoms with E-state index in [-0.39, 0.29) is 0 Å². The first-order valence-corrected chi connectivity index (χ1v) is 6.63. The number of aliphatic imine (C=N–C) groups is 1. The van der Waals surface area contributed by atoms with Gasteiger partial charge in [0.15, 0.2) is 11.5 Å². The molecule has 0 spiro atoms. The number of rotatable bonds is 4. The third kappa shape index (κ3) is 2.98. The summed E-state index contributed by atoms with van der Waals surface area (Å²) in [6.45, 7) is 5.16. The molecule has 0 amide bonds. The van der Waals surface area contributed by atoms with Gasteiger partial charge in [-0.3, -0.25) is 4.99 Å². The average molecular weight is 259 g/mol. The summed E-state index contributed by atoms with van der Waals surface area (Å²) in [6, 6.07) is 4.09. The van der Waals surface area contributed by atoms with E-state index in [1.165, 1.54) is 5.56 Å². The Morgan fingerprint density at radius 2 is 1.84 bits per heavy atom. The number of methoxy groups -OCH3 is 2. The summed E-state index contributed by atoms with van der Waals surface area (Å²) in [5.41, 5.74) is 3.47. The molecule has 0 unspecified atom stereocenters. The molecule has 3 nitrogen and oxygen atoms in total. The summed E-state index contributed by atoms with van der Waals surface area (Å²) >= 11 is 0. The summed E-state index contributed by atoms with van der Waals surface area (Å²) in [6.07, 6.45) is 5.23. The van der Waals surface area contributed by atoms with E-state index in [0.29, 0.717) is 5.92 Å². The van der Waals surface area contributed by atoms with Crippen LogP contribution in [0.4, 0.5) is 0 Å². The highest BCUT2D eigenvalue weighted by molar-refractivity contribution is 6.10. The van der Waals surface area contributed by atoms with Crippen molar-refractivity contribution >= 4 is 5.71 Å². The van der Waals surface area contributed by atoms with Gasteiger partial charge >= 0.3 is 0 Å². The van der Waals surface area contributed by atoms with Gasteiger partial charge in [-0.15, -0.1) is 0 Å². The predicted molar refractivity (Wildman–Crippen MR) is 78.6 cm³/mol. The normalized spacial score (nSPS) is 14.5. The van der Waals surface area contributed by atoms with E-state index < -0.39 is 0 Å². The van der Waals surface area contributed by atoms with Crippen LogP contribution in [0.1, 0.15) is 25.0 Å². The second-order valence-electron chi connectivity index (χ2n) is 4.98. The van der Waals surface area contributed by atoms with E-state index >= 15 is 0 Å². The molecular formula is C16H21NO2. The highest BCUT2D eigenvalue weighted by Gasteiger charge is 2.16. The van der Waals surface area contributed by atoms with Gasteiger partial charge in [0.25, 0.3) is 0 Å². The Morgan fingerprint density at radius 1 is 1.16 bits per heavy atom. The van der Waals surface area contributed by atoms with Crippen molar-refractivity contribution in [2.24, 2.45) is 10.9 Å². The topological polar surface area (TPSA) is 30.8 Å².